The lowest BCUT2D eigenvalue weighted by Gasteiger charge is -2.27. The van der Waals surface area contributed by atoms with Crippen LogP contribution in [0.15, 0.2) is 23.2 Å². The standard InChI is InChI=1S/C19H32N4O2/c1-14(2)13-23-10-6-7-16(23)12-21-19(20-3)22-15-8-9-17(24-4)18(11-15)25-5/h8-9,11,14,16H,6-7,10,12-13H2,1-5H3,(H2,20,21,22)/t16-/m1/s1. The minimum atomic E-state index is 0.575. The molecule has 0 spiro atoms. The molecular formula is C19H32N4O2. The molecule has 6 heteroatoms. The number of methoxy groups -OCH3 is 2. The van der Waals surface area contributed by atoms with Crippen LogP contribution < -0.4 is 20.1 Å². The summed E-state index contributed by atoms with van der Waals surface area (Å²) in [4.78, 5) is 6.92. The fraction of sp³-hybridized carbons (Fsp3) is 0.632. The molecule has 25 heavy (non-hydrogen) atoms. The number of benzene rings is 1. The first-order valence-electron chi connectivity index (χ1n) is 9.01. The molecule has 0 bridgehead atoms. The Labute approximate surface area is 151 Å². The molecule has 2 rings (SSSR count). The highest BCUT2D eigenvalue weighted by atomic mass is 16.5. The molecular weight excluding hydrogens is 316 g/mol. The number of guanidine groups is 1. The topological polar surface area (TPSA) is 58.1 Å². The second-order valence-electron chi connectivity index (χ2n) is 6.83. The van der Waals surface area contributed by atoms with E-state index in [1.807, 2.05) is 18.2 Å². The van der Waals surface area contributed by atoms with Gasteiger partial charge < -0.3 is 20.1 Å². The smallest absolute Gasteiger partial charge is 0.195 e. The molecule has 1 saturated heterocycles. The third kappa shape index (κ3) is 5.53. The molecule has 6 nitrogen and oxygen atoms in total. The number of nitrogens with one attached hydrogen (secondary N) is 2. The molecule has 0 aliphatic carbocycles. The van der Waals surface area contributed by atoms with Gasteiger partial charge in [0.2, 0.25) is 0 Å². The summed E-state index contributed by atoms with van der Waals surface area (Å²) in [7, 11) is 5.06. The van der Waals surface area contributed by atoms with E-state index in [9.17, 15) is 0 Å². The number of anilines is 1. The summed E-state index contributed by atoms with van der Waals surface area (Å²) in [5, 5.41) is 6.77. The minimum absolute atomic E-state index is 0.575. The molecule has 0 unspecified atom stereocenters. The molecule has 0 amide bonds. The van der Waals surface area contributed by atoms with Crippen LogP contribution in [0.1, 0.15) is 26.7 Å². The van der Waals surface area contributed by atoms with E-state index in [4.69, 9.17) is 9.47 Å². The Hall–Kier alpha value is -1.95. The van der Waals surface area contributed by atoms with E-state index in [0.717, 1.165) is 24.7 Å². The van der Waals surface area contributed by atoms with Gasteiger partial charge in [-0.25, -0.2) is 0 Å². The zero-order valence-electron chi connectivity index (χ0n) is 16.1. The van der Waals surface area contributed by atoms with Gasteiger partial charge in [0, 0.05) is 37.9 Å². The third-order valence-electron chi connectivity index (χ3n) is 4.47. The van der Waals surface area contributed by atoms with Crippen LogP contribution in [0.3, 0.4) is 0 Å². The Balaban J connectivity index is 1.92. The first-order chi connectivity index (χ1) is 12.1. The molecule has 1 aliphatic rings. The van der Waals surface area contributed by atoms with Crippen molar-refractivity contribution < 1.29 is 9.47 Å². The molecule has 2 N–H and O–H groups in total. The largest absolute Gasteiger partial charge is 0.493 e. The van der Waals surface area contributed by atoms with E-state index in [1.54, 1.807) is 21.3 Å². The first-order valence-corrected chi connectivity index (χ1v) is 9.01. The third-order valence-corrected chi connectivity index (χ3v) is 4.47. The summed E-state index contributed by atoms with van der Waals surface area (Å²) in [5.74, 6) is 2.88. The van der Waals surface area contributed by atoms with Crippen LogP contribution in [0.4, 0.5) is 5.69 Å². The second kappa shape index (κ2) is 9.51. The number of rotatable bonds is 7. The highest BCUT2D eigenvalue weighted by molar-refractivity contribution is 5.93. The van der Waals surface area contributed by atoms with Crippen LogP contribution in [0, 0.1) is 5.92 Å². The molecule has 0 saturated carbocycles. The van der Waals surface area contributed by atoms with Crippen molar-refractivity contribution in [2.45, 2.75) is 32.7 Å². The van der Waals surface area contributed by atoms with E-state index in [2.05, 4.69) is 34.4 Å². The van der Waals surface area contributed by atoms with E-state index < -0.39 is 0 Å². The average Bonchev–Trinajstić information content (AvgIpc) is 3.04. The van der Waals surface area contributed by atoms with Gasteiger partial charge in [-0.3, -0.25) is 9.89 Å². The molecule has 1 aliphatic heterocycles. The van der Waals surface area contributed by atoms with Crippen molar-refractivity contribution in [3.63, 3.8) is 0 Å². The summed E-state index contributed by atoms with van der Waals surface area (Å²) < 4.78 is 10.6. The molecule has 1 fully saturated rings. The predicted octanol–water partition coefficient (Wildman–Crippen LogP) is 2.81. The van der Waals surface area contributed by atoms with Gasteiger partial charge in [-0.15, -0.1) is 0 Å². The summed E-state index contributed by atoms with van der Waals surface area (Å²) in [5.41, 5.74) is 0.913. The molecule has 1 aromatic rings. The molecule has 140 valence electrons. The normalized spacial score (nSPS) is 18.5. The molecule has 0 aromatic heterocycles. The maximum Gasteiger partial charge on any atom is 0.195 e. The fourth-order valence-corrected chi connectivity index (χ4v) is 3.28. The molecule has 0 radical (unpaired) electrons. The number of hydrogen-bond acceptors (Lipinski definition) is 4. The second-order valence-corrected chi connectivity index (χ2v) is 6.83. The Bertz CT molecular complexity index is 575. The highest BCUT2D eigenvalue weighted by Crippen LogP contribution is 2.29. The zero-order valence-corrected chi connectivity index (χ0v) is 16.1. The average molecular weight is 348 g/mol. The first kappa shape index (κ1) is 19.4. The van der Waals surface area contributed by atoms with Crippen molar-refractivity contribution in [1.29, 1.82) is 0 Å². The molecule has 1 heterocycles. The lowest BCUT2D eigenvalue weighted by Crippen LogP contribution is -2.43. The maximum atomic E-state index is 5.35. The van der Waals surface area contributed by atoms with Crippen molar-refractivity contribution in [2.75, 3.05) is 46.2 Å². The number of hydrogen-bond donors (Lipinski definition) is 2. The van der Waals surface area contributed by atoms with Crippen LogP contribution in [0.25, 0.3) is 0 Å². The maximum absolute atomic E-state index is 5.35. The van der Waals surface area contributed by atoms with Crippen molar-refractivity contribution in [1.82, 2.24) is 10.2 Å². The van der Waals surface area contributed by atoms with Gasteiger partial charge in [-0.05, 0) is 37.4 Å². The van der Waals surface area contributed by atoms with E-state index in [1.165, 1.54) is 19.4 Å². The minimum Gasteiger partial charge on any atom is -0.493 e. The summed E-state index contributed by atoms with van der Waals surface area (Å²) in [6.07, 6.45) is 2.52. The van der Waals surface area contributed by atoms with Gasteiger partial charge in [-0.1, -0.05) is 13.8 Å². The van der Waals surface area contributed by atoms with Gasteiger partial charge in [0.25, 0.3) is 0 Å². The van der Waals surface area contributed by atoms with Gasteiger partial charge in [0.05, 0.1) is 14.2 Å². The van der Waals surface area contributed by atoms with Crippen molar-refractivity contribution in [3.8, 4) is 11.5 Å². The number of ether oxygens (including phenoxy) is 2. The predicted molar refractivity (Wildman–Crippen MR) is 104 cm³/mol. The van der Waals surface area contributed by atoms with Gasteiger partial charge >= 0.3 is 0 Å². The molecule has 1 atom stereocenters. The van der Waals surface area contributed by atoms with Crippen LogP contribution in [0.5, 0.6) is 11.5 Å². The quantitative estimate of drug-likeness (QED) is 0.586. The number of likely N-dealkylation sites (tertiary alicyclic amines) is 1. The Kier molecular flexibility index (Phi) is 7.37. The monoisotopic (exact) mass is 348 g/mol. The Morgan fingerprint density at radius 2 is 2.04 bits per heavy atom. The Morgan fingerprint density at radius 1 is 1.28 bits per heavy atom. The van der Waals surface area contributed by atoms with Crippen molar-refractivity contribution >= 4 is 11.6 Å². The highest BCUT2D eigenvalue weighted by Gasteiger charge is 2.24. The van der Waals surface area contributed by atoms with Crippen LogP contribution in [0.2, 0.25) is 0 Å². The van der Waals surface area contributed by atoms with E-state index in [0.29, 0.717) is 23.5 Å². The van der Waals surface area contributed by atoms with Crippen LogP contribution in [-0.4, -0.2) is 57.8 Å². The SMILES string of the molecule is CN=C(NC[C@H]1CCCN1CC(C)C)Nc1ccc(OC)c(OC)c1. The van der Waals surface area contributed by atoms with Crippen molar-refractivity contribution in [3.05, 3.63) is 18.2 Å². The lowest BCUT2D eigenvalue weighted by atomic mass is 10.1. The number of aliphatic imine (C=N–C) groups is 1. The van der Waals surface area contributed by atoms with Crippen LogP contribution in [-0.2, 0) is 0 Å². The van der Waals surface area contributed by atoms with Crippen LogP contribution >= 0.6 is 0 Å². The zero-order chi connectivity index (χ0) is 18.2. The van der Waals surface area contributed by atoms with Gasteiger partial charge in [0.15, 0.2) is 17.5 Å². The lowest BCUT2D eigenvalue weighted by molar-refractivity contribution is 0.227. The summed E-state index contributed by atoms with van der Waals surface area (Å²) in [6.45, 7) is 7.82. The fourth-order valence-electron chi connectivity index (χ4n) is 3.28. The summed E-state index contributed by atoms with van der Waals surface area (Å²) >= 11 is 0. The summed E-state index contributed by atoms with van der Waals surface area (Å²) in [6, 6.07) is 6.32. The van der Waals surface area contributed by atoms with E-state index >= 15 is 0 Å². The Morgan fingerprint density at radius 3 is 2.68 bits per heavy atom. The van der Waals surface area contributed by atoms with E-state index in [-0.39, 0.29) is 0 Å². The van der Waals surface area contributed by atoms with Gasteiger partial charge in [-0.2, -0.15) is 0 Å². The van der Waals surface area contributed by atoms with Crippen molar-refractivity contribution in [2.24, 2.45) is 10.9 Å². The molecule has 1 aromatic carbocycles. The van der Waals surface area contributed by atoms with Gasteiger partial charge in [0.1, 0.15) is 0 Å². The number of nitrogens with zero attached hydrogens (tertiary/aromatic N) is 2.